The fourth-order valence-corrected chi connectivity index (χ4v) is 2.19. The Balaban J connectivity index is 2.09. The van der Waals surface area contributed by atoms with Gasteiger partial charge in [-0.05, 0) is 19.1 Å². The van der Waals surface area contributed by atoms with E-state index in [-0.39, 0.29) is 0 Å². The Bertz CT molecular complexity index is 752. The number of hydrogen-bond donors (Lipinski definition) is 0. The smallest absolute Gasteiger partial charge is 0.332 e. The van der Waals surface area contributed by atoms with E-state index in [1.165, 1.54) is 6.07 Å². The molecule has 0 aliphatic carbocycles. The molecule has 0 atom stereocenters. The summed E-state index contributed by atoms with van der Waals surface area (Å²) in [5, 5.41) is 4.30. The molecule has 1 aromatic carbocycles. The summed E-state index contributed by atoms with van der Waals surface area (Å²) in [5.41, 5.74) is 1.20. The maximum atomic E-state index is 12.7. The number of imidazole rings is 1. The van der Waals surface area contributed by atoms with E-state index >= 15 is 0 Å². The molecule has 0 unspecified atom stereocenters. The van der Waals surface area contributed by atoms with Gasteiger partial charge in [-0.2, -0.15) is 18.3 Å². The van der Waals surface area contributed by atoms with Crippen molar-refractivity contribution in [2.24, 2.45) is 0 Å². The van der Waals surface area contributed by atoms with E-state index in [0.29, 0.717) is 11.3 Å². The highest BCUT2D eigenvalue weighted by Gasteiger charge is 2.30. The zero-order valence-electron chi connectivity index (χ0n) is 10.7. The Morgan fingerprint density at radius 3 is 2.65 bits per heavy atom. The van der Waals surface area contributed by atoms with Crippen LogP contribution in [0.25, 0.3) is 16.9 Å². The molecular formula is C14H12F3N3. The lowest BCUT2D eigenvalue weighted by atomic mass is 10.1. The normalized spacial score (nSPS) is 12.2. The number of aromatic nitrogens is 3. The first-order valence-electron chi connectivity index (χ1n) is 6.21. The van der Waals surface area contributed by atoms with Crippen LogP contribution >= 0.6 is 0 Å². The van der Waals surface area contributed by atoms with Crippen molar-refractivity contribution in [2.75, 3.05) is 0 Å². The average Bonchev–Trinajstić information content (AvgIpc) is 2.97. The van der Waals surface area contributed by atoms with Crippen LogP contribution < -0.4 is 0 Å². The largest absolute Gasteiger partial charge is 0.416 e. The second-order valence-electron chi connectivity index (χ2n) is 4.50. The number of halogens is 3. The first kappa shape index (κ1) is 12.8. The van der Waals surface area contributed by atoms with Gasteiger partial charge in [-0.3, -0.25) is 0 Å². The Labute approximate surface area is 113 Å². The molecular weight excluding hydrogens is 267 g/mol. The third kappa shape index (κ3) is 2.07. The lowest BCUT2D eigenvalue weighted by Gasteiger charge is -2.07. The van der Waals surface area contributed by atoms with Crippen LogP contribution in [-0.4, -0.2) is 14.2 Å². The molecule has 0 saturated carbocycles. The predicted octanol–water partition coefficient (Wildman–Crippen LogP) is 3.84. The number of hydrogen-bond acceptors (Lipinski definition) is 1. The Hall–Kier alpha value is -2.24. The first-order valence-corrected chi connectivity index (χ1v) is 6.21. The van der Waals surface area contributed by atoms with E-state index in [2.05, 4.69) is 5.10 Å². The molecule has 3 nitrogen and oxygen atoms in total. The molecule has 3 rings (SSSR count). The minimum Gasteiger partial charge on any atom is -0.332 e. The van der Waals surface area contributed by atoms with Crippen molar-refractivity contribution in [3.05, 3.63) is 48.3 Å². The molecule has 3 aromatic rings. The fourth-order valence-electron chi connectivity index (χ4n) is 2.19. The van der Waals surface area contributed by atoms with Crippen LogP contribution in [0.1, 0.15) is 12.5 Å². The van der Waals surface area contributed by atoms with E-state index < -0.39 is 11.7 Å². The van der Waals surface area contributed by atoms with Gasteiger partial charge in [-0.15, -0.1) is 0 Å². The second kappa shape index (κ2) is 4.40. The van der Waals surface area contributed by atoms with Crippen molar-refractivity contribution in [1.29, 1.82) is 0 Å². The number of alkyl halides is 3. The van der Waals surface area contributed by atoms with Gasteiger partial charge in [0.15, 0.2) is 0 Å². The monoisotopic (exact) mass is 279 g/mol. The maximum absolute atomic E-state index is 12.7. The summed E-state index contributed by atoms with van der Waals surface area (Å²) < 4.78 is 41.8. The van der Waals surface area contributed by atoms with E-state index in [1.54, 1.807) is 22.8 Å². The van der Waals surface area contributed by atoms with E-state index in [1.807, 2.05) is 17.7 Å². The average molecular weight is 279 g/mol. The topological polar surface area (TPSA) is 22.2 Å². The van der Waals surface area contributed by atoms with Crippen LogP contribution in [-0.2, 0) is 12.7 Å². The van der Waals surface area contributed by atoms with Gasteiger partial charge >= 0.3 is 6.18 Å². The summed E-state index contributed by atoms with van der Waals surface area (Å²) in [7, 11) is 0. The van der Waals surface area contributed by atoms with Crippen molar-refractivity contribution < 1.29 is 13.2 Å². The van der Waals surface area contributed by atoms with Crippen LogP contribution in [0.3, 0.4) is 0 Å². The van der Waals surface area contributed by atoms with Gasteiger partial charge in [-0.25, -0.2) is 4.52 Å². The van der Waals surface area contributed by atoms with Crippen molar-refractivity contribution in [2.45, 2.75) is 19.6 Å². The van der Waals surface area contributed by atoms with Crippen LogP contribution in [0.2, 0.25) is 0 Å². The maximum Gasteiger partial charge on any atom is 0.416 e. The number of rotatable bonds is 2. The first-order chi connectivity index (χ1) is 9.49. The highest BCUT2D eigenvalue weighted by Crippen LogP contribution is 2.32. The molecule has 0 bridgehead atoms. The SMILES string of the molecule is CCn1ccn2nc(-c3cccc(C(F)(F)F)c3)cc12. The van der Waals surface area contributed by atoms with Gasteiger partial charge in [0.2, 0.25) is 0 Å². The molecule has 104 valence electrons. The summed E-state index contributed by atoms with van der Waals surface area (Å²) in [6.07, 6.45) is -0.665. The molecule has 20 heavy (non-hydrogen) atoms. The molecule has 0 radical (unpaired) electrons. The highest BCUT2D eigenvalue weighted by molar-refractivity contribution is 5.65. The minimum atomic E-state index is -4.34. The standard InChI is InChI=1S/C14H12F3N3/c1-2-19-6-7-20-13(19)9-12(18-20)10-4-3-5-11(8-10)14(15,16)17/h3-9H,2H2,1H3. The Morgan fingerprint density at radius 1 is 1.15 bits per heavy atom. The summed E-state index contributed by atoms with van der Waals surface area (Å²) in [6, 6.07) is 7.01. The van der Waals surface area contributed by atoms with Gasteiger partial charge in [0.05, 0.1) is 11.3 Å². The molecule has 6 heteroatoms. The summed E-state index contributed by atoms with van der Waals surface area (Å²) in [5.74, 6) is 0. The van der Waals surface area contributed by atoms with Crippen LogP contribution in [0.5, 0.6) is 0 Å². The summed E-state index contributed by atoms with van der Waals surface area (Å²) in [6.45, 7) is 2.78. The zero-order chi connectivity index (χ0) is 14.3. The summed E-state index contributed by atoms with van der Waals surface area (Å²) in [4.78, 5) is 0. The minimum absolute atomic E-state index is 0.464. The molecule has 2 heterocycles. The van der Waals surface area contributed by atoms with Gasteiger partial charge in [-0.1, -0.05) is 12.1 Å². The van der Waals surface area contributed by atoms with Gasteiger partial charge in [0.1, 0.15) is 5.65 Å². The van der Waals surface area contributed by atoms with Crippen LogP contribution in [0, 0.1) is 0 Å². The molecule has 0 fully saturated rings. The molecule has 0 amide bonds. The lowest BCUT2D eigenvalue weighted by molar-refractivity contribution is -0.137. The number of fused-ring (bicyclic) bond motifs is 1. The van der Waals surface area contributed by atoms with Crippen LogP contribution in [0.4, 0.5) is 13.2 Å². The van der Waals surface area contributed by atoms with Gasteiger partial charge < -0.3 is 4.57 Å². The van der Waals surface area contributed by atoms with Crippen LogP contribution in [0.15, 0.2) is 42.7 Å². The fraction of sp³-hybridized carbons (Fsp3) is 0.214. The molecule has 0 spiro atoms. The Kier molecular flexibility index (Phi) is 2.81. The second-order valence-corrected chi connectivity index (χ2v) is 4.50. The molecule has 0 aliphatic rings. The quantitative estimate of drug-likeness (QED) is 0.698. The third-order valence-electron chi connectivity index (χ3n) is 3.22. The van der Waals surface area contributed by atoms with Crippen molar-refractivity contribution >= 4 is 5.65 Å². The van der Waals surface area contributed by atoms with Gasteiger partial charge in [0.25, 0.3) is 0 Å². The Morgan fingerprint density at radius 2 is 1.95 bits per heavy atom. The summed E-state index contributed by atoms with van der Waals surface area (Å²) >= 11 is 0. The van der Waals surface area contributed by atoms with Crippen molar-refractivity contribution in [3.8, 4) is 11.3 Å². The lowest BCUT2D eigenvalue weighted by Crippen LogP contribution is -2.04. The van der Waals surface area contributed by atoms with Crippen molar-refractivity contribution in [1.82, 2.24) is 14.2 Å². The third-order valence-corrected chi connectivity index (χ3v) is 3.22. The van der Waals surface area contributed by atoms with Crippen molar-refractivity contribution in [3.63, 3.8) is 0 Å². The van der Waals surface area contributed by atoms with E-state index in [0.717, 1.165) is 24.3 Å². The number of benzene rings is 1. The molecule has 2 aromatic heterocycles. The molecule has 0 saturated heterocycles. The highest BCUT2D eigenvalue weighted by atomic mass is 19.4. The number of aryl methyl sites for hydroxylation is 1. The number of nitrogens with zero attached hydrogens (tertiary/aromatic N) is 3. The molecule has 0 aliphatic heterocycles. The zero-order valence-corrected chi connectivity index (χ0v) is 10.7. The molecule has 0 N–H and O–H groups in total. The van der Waals surface area contributed by atoms with Gasteiger partial charge in [0, 0.05) is 30.6 Å². The van der Waals surface area contributed by atoms with E-state index in [4.69, 9.17) is 0 Å². The van der Waals surface area contributed by atoms with E-state index in [9.17, 15) is 13.2 Å². The predicted molar refractivity (Wildman–Crippen MR) is 69.3 cm³/mol.